The minimum absolute atomic E-state index is 0.297. The molecule has 0 radical (unpaired) electrons. The van der Waals surface area contributed by atoms with Gasteiger partial charge in [0.25, 0.3) is 0 Å². The number of rotatable bonds is 5. The monoisotopic (exact) mass is 382 g/mol. The van der Waals surface area contributed by atoms with Gasteiger partial charge < -0.3 is 5.11 Å². The summed E-state index contributed by atoms with van der Waals surface area (Å²) < 4.78 is 1.48. The Morgan fingerprint density at radius 3 is 2.19 bits per heavy atom. The summed E-state index contributed by atoms with van der Waals surface area (Å²) in [4.78, 5) is 0. The Morgan fingerprint density at radius 1 is 0.923 bits per heavy atom. The zero-order chi connectivity index (χ0) is 17.9. The molecule has 136 valence electrons. The average molecular weight is 383 g/mol. The first-order valence-electron chi connectivity index (χ1n) is 9.51. The van der Waals surface area contributed by atoms with Gasteiger partial charge >= 0.3 is 0 Å². The maximum atomic E-state index is 11.1. The van der Waals surface area contributed by atoms with Crippen molar-refractivity contribution in [2.24, 2.45) is 17.8 Å². The van der Waals surface area contributed by atoms with Gasteiger partial charge in [-0.05, 0) is 46.8 Å². The van der Waals surface area contributed by atoms with E-state index >= 15 is 0 Å². The van der Waals surface area contributed by atoms with Crippen LogP contribution in [0.4, 0.5) is 0 Å². The molecular weight excluding hydrogens is 356 g/mol. The van der Waals surface area contributed by atoms with Gasteiger partial charge in [-0.1, -0.05) is 73.7 Å². The summed E-state index contributed by atoms with van der Waals surface area (Å²) >= 11 is 4.00. The molecule has 2 aromatic carbocycles. The van der Waals surface area contributed by atoms with Crippen LogP contribution in [0.5, 0.6) is 0 Å². The number of aliphatic hydroxyl groups excluding tert-OH is 1. The van der Waals surface area contributed by atoms with E-state index in [4.69, 9.17) is 0 Å². The molecule has 1 N–H and O–H groups in total. The normalized spacial score (nSPS) is 27.6. The van der Waals surface area contributed by atoms with Crippen LogP contribution in [-0.4, -0.2) is 16.6 Å². The SMILES string of the molecule is CC(C=C1SCCCS1)[C@@H]1[C@@H](c2ccccc2)[C@@H]1[C@H](O)c1ccccc1. The molecule has 1 aliphatic carbocycles. The number of hydrogen-bond acceptors (Lipinski definition) is 3. The molecule has 2 fully saturated rings. The van der Waals surface area contributed by atoms with Crippen molar-refractivity contribution in [2.75, 3.05) is 11.5 Å². The number of aliphatic hydroxyl groups is 1. The lowest BCUT2D eigenvalue weighted by atomic mass is 9.99. The third-order valence-electron chi connectivity index (χ3n) is 5.61. The van der Waals surface area contributed by atoms with Crippen LogP contribution in [0.1, 0.15) is 36.5 Å². The van der Waals surface area contributed by atoms with E-state index in [2.05, 4.69) is 55.5 Å². The molecule has 1 saturated heterocycles. The van der Waals surface area contributed by atoms with Crippen LogP contribution >= 0.6 is 23.5 Å². The van der Waals surface area contributed by atoms with Crippen LogP contribution in [0.15, 0.2) is 71.0 Å². The molecule has 26 heavy (non-hydrogen) atoms. The van der Waals surface area contributed by atoms with E-state index in [9.17, 15) is 5.11 Å². The van der Waals surface area contributed by atoms with Crippen molar-refractivity contribution in [1.29, 1.82) is 0 Å². The Bertz CT molecular complexity index is 735. The van der Waals surface area contributed by atoms with Gasteiger partial charge in [0.05, 0.1) is 6.10 Å². The number of benzene rings is 2. The van der Waals surface area contributed by atoms with E-state index in [1.165, 1.54) is 27.7 Å². The third kappa shape index (κ3) is 3.90. The molecular formula is C23H26OS2. The van der Waals surface area contributed by atoms with Crippen LogP contribution in [0, 0.1) is 17.8 Å². The summed E-state index contributed by atoms with van der Waals surface area (Å²) in [6, 6.07) is 20.9. The first-order valence-corrected chi connectivity index (χ1v) is 11.5. The minimum atomic E-state index is -0.390. The first-order chi connectivity index (χ1) is 12.8. The van der Waals surface area contributed by atoms with Gasteiger partial charge in [-0.15, -0.1) is 23.5 Å². The van der Waals surface area contributed by atoms with Crippen LogP contribution < -0.4 is 0 Å². The molecule has 3 heteroatoms. The highest BCUT2D eigenvalue weighted by Gasteiger charge is 2.56. The number of allylic oxidation sites excluding steroid dienone is 1. The molecule has 4 rings (SSSR count). The molecule has 0 aromatic heterocycles. The third-order valence-corrected chi connectivity index (χ3v) is 8.14. The lowest BCUT2D eigenvalue weighted by Gasteiger charge is -2.16. The van der Waals surface area contributed by atoms with Gasteiger partial charge in [-0.3, -0.25) is 0 Å². The maximum absolute atomic E-state index is 11.1. The zero-order valence-electron chi connectivity index (χ0n) is 15.1. The highest BCUT2D eigenvalue weighted by atomic mass is 32.2. The lowest BCUT2D eigenvalue weighted by Crippen LogP contribution is -2.05. The Balaban J connectivity index is 1.58. The van der Waals surface area contributed by atoms with Gasteiger partial charge in [0.15, 0.2) is 0 Å². The summed E-state index contributed by atoms with van der Waals surface area (Å²) in [5, 5.41) is 11.1. The molecule has 1 nitrogen and oxygen atoms in total. The molecule has 1 heterocycles. The Morgan fingerprint density at radius 2 is 1.54 bits per heavy atom. The van der Waals surface area contributed by atoms with Crippen LogP contribution in [-0.2, 0) is 0 Å². The second kappa shape index (κ2) is 8.24. The fourth-order valence-electron chi connectivity index (χ4n) is 4.30. The van der Waals surface area contributed by atoms with Gasteiger partial charge in [0.2, 0.25) is 0 Å². The number of thioether (sulfide) groups is 2. The van der Waals surface area contributed by atoms with Crippen molar-refractivity contribution in [1.82, 2.24) is 0 Å². The summed E-state index contributed by atoms with van der Waals surface area (Å²) in [5.41, 5.74) is 2.41. The quantitative estimate of drug-likeness (QED) is 0.675. The van der Waals surface area contributed by atoms with Crippen LogP contribution in [0.2, 0.25) is 0 Å². The van der Waals surface area contributed by atoms with E-state index in [1.807, 2.05) is 41.7 Å². The first kappa shape index (κ1) is 18.2. The largest absolute Gasteiger partial charge is 0.388 e. The van der Waals surface area contributed by atoms with Gasteiger partial charge in [0, 0.05) is 10.2 Å². The molecule has 0 amide bonds. The van der Waals surface area contributed by atoms with Gasteiger partial charge in [-0.2, -0.15) is 0 Å². The molecule has 1 saturated carbocycles. The summed E-state index contributed by atoms with van der Waals surface area (Å²) in [6.07, 6.45) is 3.39. The molecule has 1 unspecified atom stereocenters. The van der Waals surface area contributed by atoms with Crippen molar-refractivity contribution in [3.05, 3.63) is 82.1 Å². The molecule has 5 atom stereocenters. The fourth-order valence-corrected chi connectivity index (χ4v) is 6.92. The lowest BCUT2D eigenvalue weighted by molar-refractivity contribution is 0.142. The van der Waals surface area contributed by atoms with Gasteiger partial charge in [-0.25, -0.2) is 0 Å². The smallest absolute Gasteiger partial charge is 0.0827 e. The Kier molecular flexibility index (Phi) is 5.78. The molecule has 2 aliphatic rings. The van der Waals surface area contributed by atoms with E-state index in [-0.39, 0.29) is 6.10 Å². The van der Waals surface area contributed by atoms with Crippen molar-refractivity contribution in [3.63, 3.8) is 0 Å². The van der Waals surface area contributed by atoms with E-state index in [0.717, 1.165) is 5.56 Å². The van der Waals surface area contributed by atoms with Crippen molar-refractivity contribution in [2.45, 2.75) is 25.4 Å². The minimum Gasteiger partial charge on any atom is -0.388 e. The van der Waals surface area contributed by atoms with Gasteiger partial charge in [0.1, 0.15) is 0 Å². The molecule has 1 aliphatic heterocycles. The highest BCUT2D eigenvalue weighted by Crippen LogP contribution is 2.63. The molecule has 0 spiro atoms. The zero-order valence-corrected chi connectivity index (χ0v) is 16.8. The Labute approximate surface area is 165 Å². The van der Waals surface area contributed by atoms with E-state index < -0.39 is 0 Å². The van der Waals surface area contributed by atoms with Crippen LogP contribution in [0.25, 0.3) is 0 Å². The average Bonchev–Trinajstić information content (AvgIpc) is 3.45. The van der Waals surface area contributed by atoms with Crippen LogP contribution in [0.3, 0.4) is 0 Å². The summed E-state index contributed by atoms with van der Waals surface area (Å²) in [7, 11) is 0. The van der Waals surface area contributed by atoms with E-state index in [1.54, 1.807) is 0 Å². The fraction of sp³-hybridized carbons (Fsp3) is 0.391. The second-order valence-corrected chi connectivity index (χ2v) is 9.87. The summed E-state index contributed by atoms with van der Waals surface area (Å²) in [6.45, 7) is 2.33. The van der Waals surface area contributed by atoms with E-state index in [0.29, 0.717) is 23.7 Å². The second-order valence-electron chi connectivity index (χ2n) is 7.34. The standard InChI is InChI=1S/C23H26OS2/c1-16(15-19-25-13-8-14-26-19)20-21(17-9-4-2-5-10-17)22(20)23(24)18-11-6-3-7-12-18/h2-7,9-12,15-16,20-24H,8,13-14H2,1H3/t16?,20-,21-,22-,23-/m1/s1. The predicted octanol–water partition coefficient (Wildman–Crippen LogP) is 6.10. The predicted molar refractivity (Wildman–Crippen MR) is 114 cm³/mol. The highest BCUT2D eigenvalue weighted by molar-refractivity contribution is 8.22. The Hall–Kier alpha value is -1.16. The number of hydrogen-bond donors (Lipinski definition) is 1. The maximum Gasteiger partial charge on any atom is 0.0827 e. The van der Waals surface area contributed by atoms with Crippen molar-refractivity contribution >= 4 is 23.5 Å². The summed E-state index contributed by atoms with van der Waals surface area (Å²) in [5.74, 6) is 4.21. The molecule has 0 bridgehead atoms. The molecule has 2 aromatic rings. The van der Waals surface area contributed by atoms with Crippen molar-refractivity contribution in [3.8, 4) is 0 Å². The van der Waals surface area contributed by atoms with Crippen molar-refractivity contribution < 1.29 is 5.11 Å². The topological polar surface area (TPSA) is 20.2 Å².